The first-order valence-corrected chi connectivity index (χ1v) is 10.9. The Hall–Kier alpha value is -2.51. The van der Waals surface area contributed by atoms with Crippen molar-refractivity contribution in [3.8, 4) is 0 Å². The summed E-state index contributed by atoms with van der Waals surface area (Å²) in [7, 11) is 0. The van der Waals surface area contributed by atoms with Crippen molar-refractivity contribution >= 4 is 17.8 Å². The monoisotopic (exact) mass is 435 g/mol. The van der Waals surface area contributed by atoms with Gasteiger partial charge in [-0.15, -0.1) is 0 Å². The van der Waals surface area contributed by atoms with E-state index in [1.807, 2.05) is 0 Å². The van der Waals surface area contributed by atoms with Gasteiger partial charge in [0.15, 0.2) is 11.6 Å². The fraction of sp³-hybridized carbons (Fsp3) is 0.609. The molecule has 31 heavy (non-hydrogen) atoms. The van der Waals surface area contributed by atoms with Gasteiger partial charge in [0.1, 0.15) is 12.1 Å². The van der Waals surface area contributed by atoms with E-state index in [1.165, 1.54) is 6.07 Å². The van der Waals surface area contributed by atoms with E-state index >= 15 is 0 Å². The second kappa shape index (κ2) is 8.55. The maximum Gasteiger partial charge on any atom is 0.325 e. The number of amides is 4. The Kier molecular flexibility index (Phi) is 6.39. The number of carbonyl (C=O) groups excluding carboxylic acids is 3. The summed E-state index contributed by atoms with van der Waals surface area (Å²) in [6.45, 7) is 7.83. The number of nitrogens with zero attached hydrogens (tertiary/aromatic N) is 1. The standard InChI is InChI=1S/C23H31F2N3O3/c1-5-22(3,4)16-8-10-23(11-9-16)20(30)28(21(31)27-23)13-19(29)26-14(2)15-6-7-17(24)18(25)12-15/h6-7,12,14,16H,5,8-11,13H2,1-4H3,(H,26,29)(H,27,31). The van der Waals surface area contributed by atoms with Crippen molar-refractivity contribution in [1.29, 1.82) is 0 Å². The Morgan fingerprint density at radius 3 is 2.48 bits per heavy atom. The normalized spacial score (nSPS) is 25.0. The molecule has 2 aliphatic rings. The zero-order chi connectivity index (χ0) is 23.0. The highest BCUT2D eigenvalue weighted by Gasteiger charge is 2.53. The molecule has 2 N–H and O–H groups in total. The molecule has 3 rings (SSSR count). The van der Waals surface area contributed by atoms with E-state index in [0.717, 1.165) is 36.3 Å². The maximum atomic E-state index is 13.4. The van der Waals surface area contributed by atoms with E-state index in [9.17, 15) is 23.2 Å². The fourth-order valence-corrected chi connectivity index (χ4v) is 4.64. The minimum Gasteiger partial charge on any atom is -0.348 e. The number of benzene rings is 1. The molecule has 1 aromatic carbocycles. The van der Waals surface area contributed by atoms with Crippen molar-refractivity contribution < 1.29 is 23.2 Å². The Morgan fingerprint density at radius 1 is 1.26 bits per heavy atom. The molecule has 1 aliphatic heterocycles. The molecular weight excluding hydrogens is 404 g/mol. The summed E-state index contributed by atoms with van der Waals surface area (Å²) in [5.74, 6) is -2.39. The molecule has 1 aliphatic carbocycles. The average Bonchev–Trinajstić information content (AvgIpc) is 2.94. The molecule has 1 heterocycles. The molecular formula is C23H31F2N3O3. The van der Waals surface area contributed by atoms with Crippen molar-refractivity contribution in [2.24, 2.45) is 11.3 Å². The number of nitrogens with one attached hydrogen (secondary N) is 2. The van der Waals surface area contributed by atoms with Gasteiger partial charge in [0.05, 0.1) is 6.04 Å². The van der Waals surface area contributed by atoms with Gasteiger partial charge in [0.2, 0.25) is 5.91 Å². The minimum absolute atomic E-state index is 0.183. The first kappa shape index (κ1) is 23.2. The lowest BCUT2D eigenvalue weighted by Crippen LogP contribution is -2.51. The lowest BCUT2D eigenvalue weighted by Gasteiger charge is -2.42. The van der Waals surface area contributed by atoms with E-state index in [1.54, 1.807) is 6.92 Å². The van der Waals surface area contributed by atoms with Crippen LogP contribution in [0.1, 0.15) is 71.4 Å². The smallest absolute Gasteiger partial charge is 0.325 e. The Balaban J connectivity index is 1.61. The molecule has 1 atom stereocenters. The van der Waals surface area contributed by atoms with Crippen LogP contribution in [-0.2, 0) is 9.59 Å². The molecule has 1 aromatic rings. The number of hydrogen-bond acceptors (Lipinski definition) is 3. The largest absolute Gasteiger partial charge is 0.348 e. The van der Waals surface area contributed by atoms with Crippen molar-refractivity contribution in [3.63, 3.8) is 0 Å². The van der Waals surface area contributed by atoms with Gasteiger partial charge in [-0.2, -0.15) is 0 Å². The van der Waals surface area contributed by atoms with Gasteiger partial charge >= 0.3 is 6.03 Å². The van der Waals surface area contributed by atoms with Gasteiger partial charge in [0.25, 0.3) is 5.91 Å². The van der Waals surface area contributed by atoms with Gasteiger partial charge in [-0.1, -0.05) is 33.3 Å². The first-order chi connectivity index (χ1) is 14.5. The molecule has 6 nitrogen and oxygen atoms in total. The Bertz CT molecular complexity index is 879. The summed E-state index contributed by atoms with van der Waals surface area (Å²) in [5, 5.41) is 5.46. The zero-order valence-corrected chi connectivity index (χ0v) is 18.6. The summed E-state index contributed by atoms with van der Waals surface area (Å²) >= 11 is 0. The minimum atomic E-state index is -1.00. The number of urea groups is 1. The molecule has 0 aromatic heterocycles. The van der Waals surface area contributed by atoms with Gasteiger partial charge in [0, 0.05) is 0 Å². The van der Waals surface area contributed by atoms with Crippen LogP contribution in [0.3, 0.4) is 0 Å². The summed E-state index contributed by atoms with van der Waals surface area (Å²) < 4.78 is 26.6. The second-order valence-corrected chi connectivity index (χ2v) is 9.48. The Labute approximate surface area is 181 Å². The number of halogens is 2. The van der Waals surface area contributed by atoms with Crippen LogP contribution in [-0.4, -0.2) is 34.8 Å². The van der Waals surface area contributed by atoms with Gasteiger partial charge in [-0.3, -0.25) is 14.5 Å². The van der Waals surface area contributed by atoms with Crippen molar-refractivity contribution in [2.75, 3.05) is 6.54 Å². The van der Waals surface area contributed by atoms with E-state index in [2.05, 4.69) is 31.4 Å². The van der Waals surface area contributed by atoms with Crippen molar-refractivity contribution in [1.82, 2.24) is 15.5 Å². The predicted octanol–water partition coefficient (Wildman–Crippen LogP) is 4.06. The van der Waals surface area contributed by atoms with Crippen LogP contribution in [0.2, 0.25) is 0 Å². The quantitative estimate of drug-likeness (QED) is 0.662. The summed E-state index contributed by atoms with van der Waals surface area (Å²) in [5.41, 5.74) is -0.357. The molecule has 8 heteroatoms. The molecule has 0 radical (unpaired) electrons. The van der Waals surface area contributed by atoms with Gasteiger partial charge < -0.3 is 10.6 Å². The lowest BCUT2D eigenvalue weighted by molar-refractivity contribution is -0.136. The zero-order valence-electron chi connectivity index (χ0n) is 18.6. The molecule has 0 bridgehead atoms. The SMILES string of the molecule is CCC(C)(C)C1CCC2(CC1)NC(=O)N(CC(=O)NC(C)c1ccc(F)c(F)c1)C2=O. The highest BCUT2D eigenvalue weighted by Crippen LogP contribution is 2.45. The van der Waals surface area contributed by atoms with Crippen LogP contribution in [0, 0.1) is 23.0 Å². The fourth-order valence-electron chi connectivity index (χ4n) is 4.64. The van der Waals surface area contributed by atoms with Crippen LogP contribution >= 0.6 is 0 Å². The van der Waals surface area contributed by atoms with Crippen LogP contribution in [0.4, 0.5) is 13.6 Å². The van der Waals surface area contributed by atoms with Gasteiger partial charge in [-0.25, -0.2) is 13.6 Å². The third-order valence-corrected chi connectivity index (χ3v) is 7.22. The number of imide groups is 1. The molecule has 1 unspecified atom stereocenters. The summed E-state index contributed by atoms with van der Waals surface area (Å²) in [6.07, 6.45) is 3.87. The third-order valence-electron chi connectivity index (χ3n) is 7.22. The van der Waals surface area contributed by atoms with Crippen LogP contribution in [0.25, 0.3) is 0 Å². The Morgan fingerprint density at radius 2 is 1.90 bits per heavy atom. The average molecular weight is 436 g/mol. The van der Waals surface area contributed by atoms with Crippen molar-refractivity contribution in [2.45, 2.75) is 71.4 Å². The maximum absolute atomic E-state index is 13.4. The molecule has 1 spiro atoms. The van der Waals surface area contributed by atoms with E-state index in [-0.39, 0.29) is 11.3 Å². The molecule has 4 amide bonds. The summed E-state index contributed by atoms with van der Waals surface area (Å²) in [4.78, 5) is 39.0. The number of hydrogen-bond donors (Lipinski definition) is 2. The highest BCUT2D eigenvalue weighted by atomic mass is 19.2. The highest BCUT2D eigenvalue weighted by molar-refractivity contribution is 6.09. The van der Waals surface area contributed by atoms with Crippen LogP contribution in [0.5, 0.6) is 0 Å². The summed E-state index contributed by atoms with van der Waals surface area (Å²) in [6, 6.07) is 2.21. The van der Waals surface area contributed by atoms with Crippen LogP contribution < -0.4 is 10.6 Å². The van der Waals surface area contributed by atoms with E-state index in [4.69, 9.17) is 0 Å². The van der Waals surface area contributed by atoms with Crippen LogP contribution in [0.15, 0.2) is 18.2 Å². The van der Waals surface area contributed by atoms with E-state index in [0.29, 0.717) is 24.3 Å². The third kappa shape index (κ3) is 4.57. The van der Waals surface area contributed by atoms with Crippen molar-refractivity contribution in [3.05, 3.63) is 35.4 Å². The van der Waals surface area contributed by atoms with Gasteiger partial charge in [-0.05, 0) is 61.6 Å². The molecule has 1 saturated carbocycles. The van der Waals surface area contributed by atoms with E-state index < -0.39 is 41.7 Å². The molecule has 170 valence electrons. The molecule has 1 saturated heterocycles. The lowest BCUT2D eigenvalue weighted by atomic mass is 9.65. The molecule has 2 fully saturated rings. The second-order valence-electron chi connectivity index (χ2n) is 9.48. The topological polar surface area (TPSA) is 78.5 Å². The first-order valence-electron chi connectivity index (χ1n) is 10.9. The predicted molar refractivity (Wildman–Crippen MR) is 112 cm³/mol. The number of rotatable bonds is 6. The number of carbonyl (C=O) groups is 3.